The number of hydrogen-bond acceptors (Lipinski definition) is 3. The van der Waals surface area contributed by atoms with Crippen molar-refractivity contribution in [2.45, 2.75) is 45.2 Å². The minimum atomic E-state index is 0.279. The maximum atomic E-state index is 13.2. The number of carbonyl (C=O) groups is 1. The van der Waals surface area contributed by atoms with Crippen LogP contribution in [-0.4, -0.2) is 29.9 Å². The number of rotatable bonds is 5. The van der Waals surface area contributed by atoms with Crippen LogP contribution in [0.2, 0.25) is 0 Å². The molecule has 1 aromatic heterocycles. The summed E-state index contributed by atoms with van der Waals surface area (Å²) in [6.07, 6.45) is 4.10. The van der Waals surface area contributed by atoms with Crippen molar-refractivity contribution in [2.75, 3.05) is 13.1 Å². The van der Waals surface area contributed by atoms with Gasteiger partial charge in [0.05, 0.1) is 6.42 Å². The smallest absolute Gasteiger partial charge is 0.227 e. The molecule has 1 N–H and O–H groups in total. The molecule has 1 aliphatic carbocycles. The van der Waals surface area contributed by atoms with E-state index in [1.807, 2.05) is 12.1 Å². The van der Waals surface area contributed by atoms with E-state index in [0.717, 1.165) is 25.2 Å². The summed E-state index contributed by atoms with van der Waals surface area (Å²) in [4.78, 5) is 15.4. The van der Waals surface area contributed by atoms with Crippen LogP contribution in [-0.2, 0) is 17.8 Å². The van der Waals surface area contributed by atoms with Gasteiger partial charge in [0, 0.05) is 12.6 Å². The molecule has 0 radical (unpaired) electrons. The number of nitrogens with one attached hydrogen (secondary N) is 1. The standard InChI is InChI=1S/C21H26N2OS/c1-16-4-2-3-5-18(16)12-20(24)23(14-17-6-11-25-15-17)19-13-21(19)7-9-22-10-8-21/h2-6,11,15,19,22H,7-10,12-14H2,1H3. The van der Waals surface area contributed by atoms with Crippen LogP contribution in [0, 0.1) is 12.3 Å². The fourth-order valence-corrected chi connectivity index (χ4v) is 4.91. The third-order valence-electron chi connectivity index (χ3n) is 5.98. The molecule has 4 heteroatoms. The van der Waals surface area contributed by atoms with E-state index in [9.17, 15) is 4.79 Å². The molecule has 25 heavy (non-hydrogen) atoms. The maximum Gasteiger partial charge on any atom is 0.227 e. The first kappa shape index (κ1) is 16.8. The summed E-state index contributed by atoms with van der Waals surface area (Å²) >= 11 is 1.71. The molecule has 1 saturated carbocycles. The number of hydrogen-bond donors (Lipinski definition) is 1. The second-order valence-electron chi connectivity index (χ2n) is 7.59. The second kappa shape index (κ2) is 6.93. The zero-order valence-electron chi connectivity index (χ0n) is 14.8. The molecule has 2 fully saturated rings. The van der Waals surface area contributed by atoms with E-state index >= 15 is 0 Å². The summed E-state index contributed by atoms with van der Waals surface area (Å²) in [5, 5.41) is 7.74. The van der Waals surface area contributed by atoms with Gasteiger partial charge in [-0.3, -0.25) is 4.79 Å². The fourth-order valence-electron chi connectivity index (χ4n) is 4.25. The van der Waals surface area contributed by atoms with Crippen molar-refractivity contribution in [3.8, 4) is 0 Å². The number of thiophene rings is 1. The van der Waals surface area contributed by atoms with Gasteiger partial charge in [-0.25, -0.2) is 0 Å². The van der Waals surface area contributed by atoms with E-state index in [1.165, 1.54) is 30.4 Å². The van der Waals surface area contributed by atoms with Crippen LogP contribution in [0.25, 0.3) is 0 Å². The molecule has 0 bridgehead atoms. The van der Waals surface area contributed by atoms with Gasteiger partial charge in [-0.1, -0.05) is 24.3 Å². The highest BCUT2D eigenvalue weighted by molar-refractivity contribution is 7.07. The fraction of sp³-hybridized carbons (Fsp3) is 0.476. The molecule has 1 unspecified atom stereocenters. The van der Waals surface area contributed by atoms with Crippen molar-refractivity contribution >= 4 is 17.2 Å². The zero-order valence-corrected chi connectivity index (χ0v) is 15.6. The number of aryl methyl sites for hydroxylation is 1. The summed E-state index contributed by atoms with van der Waals surface area (Å²) in [5.41, 5.74) is 4.00. The Morgan fingerprint density at radius 2 is 2.08 bits per heavy atom. The Bertz CT molecular complexity index is 734. The monoisotopic (exact) mass is 354 g/mol. The normalized spacial score (nSPS) is 21.2. The lowest BCUT2D eigenvalue weighted by molar-refractivity contribution is -0.132. The Morgan fingerprint density at radius 1 is 1.28 bits per heavy atom. The third-order valence-corrected chi connectivity index (χ3v) is 6.71. The molecular weight excluding hydrogens is 328 g/mol. The van der Waals surface area contributed by atoms with Gasteiger partial charge in [0.2, 0.25) is 5.91 Å². The molecule has 1 aliphatic heterocycles. The van der Waals surface area contributed by atoms with Crippen molar-refractivity contribution in [3.63, 3.8) is 0 Å². The van der Waals surface area contributed by atoms with Gasteiger partial charge in [0.1, 0.15) is 0 Å². The van der Waals surface area contributed by atoms with Crippen LogP contribution in [0.15, 0.2) is 41.1 Å². The van der Waals surface area contributed by atoms with Crippen LogP contribution in [0.4, 0.5) is 0 Å². The number of carbonyl (C=O) groups excluding carboxylic acids is 1. The van der Waals surface area contributed by atoms with Gasteiger partial charge in [-0.2, -0.15) is 11.3 Å². The van der Waals surface area contributed by atoms with Crippen molar-refractivity contribution < 1.29 is 4.79 Å². The molecule has 1 amide bonds. The summed E-state index contributed by atoms with van der Waals surface area (Å²) in [7, 11) is 0. The number of nitrogens with zero attached hydrogens (tertiary/aromatic N) is 1. The molecule has 1 saturated heterocycles. The van der Waals surface area contributed by atoms with E-state index in [0.29, 0.717) is 17.9 Å². The first-order valence-electron chi connectivity index (χ1n) is 9.24. The zero-order chi connectivity index (χ0) is 17.3. The Hall–Kier alpha value is -1.65. The lowest BCUT2D eigenvalue weighted by atomic mass is 9.93. The lowest BCUT2D eigenvalue weighted by Gasteiger charge is -2.30. The minimum absolute atomic E-state index is 0.279. The highest BCUT2D eigenvalue weighted by Crippen LogP contribution is 2.56. The summed E-state index contributed by atoms with van der Waals surface area (Å²) < 4.78 is 0. The quantitative estimate of drug-likeness (QED) is 0.886. The SMILES string of the molecule is Cc1ccccc1CC(=O)N(Cc1ccsc1)C1CC12CCNCC2. The minimum Gasteiger partial charge on any atom is -0.334 e. The summed E-state index contributed by atoms with van der Waals surface area (Å²) in [6.45, 7) is 5.04. The van der Waals surface area contributed by atoms with Crippen molar-refractivity contribution in [1.82, 2.24) is 10.2 Å². The maximum absolute atomic E-state index is 13.2. The average molecular weight is 355 g/mol. The lowest BCUT2D eigenvalue weighted by Crippen LogP contribution is -2.39. The predicted molar refractivity (Wildman–Crippen MR) is 103 cm³/mol. The van der Waals surface area contributed by atoms with Gasteiger partial charge in [0.25, 0.3) is 0 Å². The first-order valence-corrected chi connectivity index (χ1v) is 10.2. The van der Waals surface area contributed by atoms with Crippen molar-refractivity contribution in [1.29, 1.82) is 0 Å². The topological polar surface area (TPSA) is 32.3 Å². The van der Waals surface area contributed by atoms with Gasteiger partial charge in [-0.05, 0) is 78.2 Å². The average Bonchev–Trinajstić information content (AvgIpc) is 3.06. The molecule has 1 aromatic carbocycles. The van der Waals surface area contributed by atoms with E-state index < -0.39 is 0 Å². The summed E-state index contributed by atoms with van der Waals surface area (Å²) in [5.74, 6) is 0.279. The van der Waals surface area contributed by atoms with Gasteiger partial charge >= 0.3 is 0 Å². The molecule has 4 rings (SSSR count). The molecule has 1 spiro atoms. The third kappa shape index (κ3) is 3.51. The van der Waals surface area contributed by atoms with Crippen LogP contribution in [0.5, 0.6) is 0 Å². The molecule has 2 aromatic rings. The summed E-state index contributed by atoms with van der Waals surface area (Å²) in [6, 6.07) is 10.8. The van der Waals surface area contributed by atoms with Crippen LogP contribution in [0.1, 0.15) is 36.0 Å². The van der Waals surface area contributed by atoms with Gasteiger partial charge in [-0.15, -0.1) is 0 Å². The molecule has 3 nitrogen and oxygen atoms in total. The van der Waals surface area contributed by atoms with Crippen LogP contribution in [0.3, 0.4) is 0 Å². The number of benzene rings is 1. The Labute approximate surface area is 154 Å². The predicted octanol–water partition coefficient (Wildman–Crippen LogP) is 3.77. The Morgan fingerprint density at radius 3 is 2.80 bits per heavy atom. The Balaban J connectivity index is 1.53. The van der Waals surface area contributed by atoms with Crippen molar-refractivity contribution in [2.24, 2.45) is 5.41 Å². The van der Waals surface area contributed by atoms with Crippen LogP contribution >= 0.6 is 11.3 Å². The number of piperidine rings is 1. The van der Waals surface area contributed by atoms with E-state index in [-0.39, 0.29) is 5.91 Å². The molecule has 132 valence electrons. The highest BCUT2D eigenvalue weighted by Gasteiger charge is 2.57. The van der Waals surface area contributed by atoms with E-state index in [2.05, 4.69) is 46.1 Å². The van der Waals surface area contributed by atoms with Gasteiger partial charge < -0.3 is 10.2 Å². The largest absolute Gasteiger partial charge is 0.334 e. The van der Waals surface area contributed by atoms with E-state index in [4.69, 9.17) is 0 Å². The molecule has 2 aliphatic rings. The molecular formula is C21H26N2OS. The molecule has 2 heterocycles. The highest BCUT2D eigenvalue weighted by atomic mass is 32.1. The first-order chi connectivity index (χ1) is 12.2. The second-order valence-corrected chi connectivity index (χ2v) is 8.37. The number of amides is 1. The van der Waals surface area contributed by atoms with Crippen molar-refractivity contribution in [3.05, 3.63) is 57.8 Å². The van der Waals surface area contributed by atoms with Crippen LogP contribution < -0.4 is 5.32 Å². The van der Waals surface area contributed by atoms with Gasteiger partial charge in [0.15, 0.2) is 0 Å². The Kier molecular flexibility index (Phi) is 4.65. The molecule has 1 atom stereocenters. The van der Waals surface area contributed by atoms with E-state index in [1.54, 1.807) is 11.3 Å².